The number of anilines is 2. The molecule has 2 heterocycles. The molecule has 0 radical (unpaired) electrons. The number of hydrogen-bond donors (Lipinski definition) is 2. The Kier molecular flexibility index (Phi) is 3.33. The SMILES string of the molecule is Cc1cc(CNc2nccc(C)c2N)sc1C. The molecule has 0 spiro atoms. The van der Waals surface area contributed by atoms with E-state index in [0.717, 1.165) is 23.6 Å². The molecule has 2 rings (SSSR count). The van der Waals surface area contributed by atoms with E-state index in [9.17, 15) is 0 Å². The Morgan fingerprint density at radius 1 is 1.29 bits per heavy atom. The molecule has 2 aromatic rings. The fourth-order valence-electron chi connectivity index (χ4n) is 1.62. The smallest absolute Gasteiger partial charge is 0.149 e. The van der Waals surface area contributed by atoms with Crippen molar-refractivity contribution in [1.29, 1.82) is 0 Å². The third-order valence-corrected chi connectivity index (χ3v) is 4.01. The van der Waals surface area contributed by atoms with Gasteiger partial charge >= 0.3 is 0 Å². The molecule has 0 amide bonds. The predicted octanol–water partition coefficient (Wildman–Crippen LogP) is 3.26. The van der Waals surface area contributed by atoms with Crippen LogP contribution in [0.15, 0.2) is 18.3 Å². The normalized spacial score (nSPS) is 10.5. The molecule has 0 aliphatic carbocycles. The number of hydrogen-bond acceptors (Lipinski definition) is 4. The zero-order chi connectivity index (χ0) is 12.4. The second-order valence-corrected chi connectivity index (χ2v) is 5.54. The number of nitrogens with one attached hydrogen (secondary N) is 1. The van der Waals surface area contributed by atoms with Crippen LogP contribution in [0.5, 0.6) is 0 Å². The highest BCUT2D eigenvalue weighted by Gasteiger charge is 2.05. The van der Waals surface area contributed by atoms with Crippen molar-refractivity contribution in [2.45, 2.75) is 27.3 Å². The largest absolute Gasteiger partial charge is 0.396 e. The lowest BCUT2D eigenvalue weighted by Crippen LogP contribution is -2.04. The minimum atomic E-state index is 0.734. The van der Waals surface area contributed by atoms with Crippen LogP contribution in [0.2, 0.25) is 0 Å². The Hall–Kier alpha value is -1.55. The van der Waals surface area contributed by atoms with Gasteiger partial charge in [0.2, 0.25) is 0 Å². The van der Waals surface area contributed by atoms with Gasteiger partial charge in [-0.1, -0.05) is 0 Å². The maximum atomic E-state index is 5.96. The van der Waals surface area contributed by atoms with E-state index in [1.807, 2.05) is 24.3 Å². The van der Waals surface area contributed by atoms with Crippen molar-refractivity contribution >= 4 is 22.8 Å². The van der Waals surface area contributed by atoms with E-state index in [1.165, 1.54) is 15.3 Å². The topological polar surface area (TPSA) is 50.9 Å². The molecule has 3 nitrogen and oxygen atoms in total. The summed E-state index contributed by atoms with van der Waals surface area (Å²) in [5.74, 6) is 0.772. The third-order valence-electron chi connectivity index (χ3n) is 2.86. The number of nitrogens with two attached hydrogens (primary N) is 1. The van der Waals surface area contributed by atoms with Gasteiger partial charge in [-0.2, -0.15) is 0 Å². The monoisotopic (exact) mass is 247 g/mol. The number of aryl methyl sites for hydroxylation is 3. The molecule has 0 aliphatic rings. The van der Waals surface area contributed by atoms with Crippen molar-refractivity contribution in [1.82, 2.24) is 4.98 Å². The number of thiophene rings is 1. The fraction of sp³-hybridized carbons (Fsp3) is 0.308. The van der Waals surface area contributed by atoms with Gasteiger partial charge in [-0.25, -0.2) is 4.98 Å². The highest BCUT2D eigenvalue weighted by atomic mass is 32.1. The van der Waals surface area contributed by atoms with E-state index < -0.39 is 0 Å². The van der Waals surface area contributed by atoms with E-state index in [4.69, 9.17) is 5.73 Å². The summed E-state index contributed by atoms with van der Waals surface area (Å²) < 4.78 is 0. The third kappa shape index (κ3) is 2.58. The molecule has 0 aliphatic heterocycles. The quantitative estimate of drug-likeness (QED) is 0.875. The van der Waals surface area contributed by atoms with Gasteiger partial charge in [0.05, 0.1) is 12.2 Å². The second kappa shape index (κ2) is 4.75. The molecular weight excluding hydrogens is 230 g/mol. The summed E-state index contributed by atoms with van der Waals surface area (Å²) >= 11 is 1.81. The van der Waals surface area contributed by atoms with Gasteiger partial charge in [0, 0.05) is 16.0 Å². The number of aromatic nitrogens is 1. The van der Waals surface area contributed by atoms with Gasteiger partial charge < -0.3 is 11.1 Å². The number of nitrogen functional groups attached to an aromatic ring is 1. The first-order chi connectivity index (χ1) is 8.08. The van der Waals surface area contributed by atoms with Gasteiger partial charge in [0.15, 0.2) is 0 Å². The molecule has 0 unspecified atom stereocenters. The van der Waals surface area contributed by atoms with Gasteiger partial charge in [-0.05, 0) is 44.0 Å². The molecule has 17 heavy (non-hydrogen) atoms. The van der Waals surface area contributed by atoms with Crippen molar-refractivity contribution in [2.24, 2.45) is 0 Å². The summed E-state index contributed by atoms with van der Waals surface area (Å²) in [6, 6.07) is 4.12. The Morgan fingerprint density at radius 3 is 2.71 bits per heavy atom. The van der Waals surface area contributed by atoms with E-state index >= 15 is 0 Å². The van der Waals surface area contributed by atoms with Crippen molar-refractivity contribution in [3.63, 3.8) is 0 Å². The second-order valence-electron chi connectivity index (χ2n) is 4.20. The Bertz CT molecular complexity index is 512. The lowest BCUT2D eigenvalue weighted by Gasteiger charge is -2.08. The summed E-state index contributed by atoms with van der Waals surface area (Å²) in [6.45, 7) is 7.04. The van der Waals surface area contributed by atoms with Crippen LogP contribution in [0.3, 0.4) is 0 Å². The zero-order valence-electron chi connectivity index (χ0n) is 10.4. The average Bonchev–Trinajstić information content (AvgIpc) is 2.61. The Morgan fingerprint density at radius 2 is 2.06 bits per heavy atom. The molecule has 3 N–H and O–H groups in total. The van der Waals surface area contributed by atoms with E-state index in [2.05, 4.69) is 30.2 Å². The number of nitrogens with zero attached hydrogens (tertiary/aromatic N) is 1. The summed E-state index contributed by atoms with van der Waals surface area (Å²) in [7, 11) is 0. The first kappa shape index (κ1) is 11.9. The lowest BCUT2D eigenvalue weighted by molar-refractivity contribution is 1.13. The Labute approximate surface area is 106 Å². The standard InChI is InChI=1S/C13H17N3S/c1-8-4-5-15-13(12(8)14)16-7-11-6-9(2)10(3)17-11/h4-6H,7,14H2,1-3H3,(H,15,16). The van der Waals surface area contributed by atoms with Crippen LogP contribution < -0.4 is 11.1 Å². The van der Waals surface area contributed by atoms with E-state index in [-0.39, 0.29) is 0 Å². The molecule has 90 valence electrons. The van der Waals surface area contributed by atoms with Gasteiger partial charge in [0.25, 0.3) is 0 Å². The van der Waals surface area contributed by atoms with Gasteiger partial charge in [-0.15, -0.1) is 11.3 Å². The summed E-state index contributed by atoms with van der Waals surface area (Å²) in [6.07, 6.45) is 1.78. The molecule has 2 aromatic heterocycles. The summed E-state index contributed by atoms with van der Waals surface area (Å²) in [5.41, 5.74) is 9.09. The van der Waals surface area contributed by atoms with E-state index in [0.29, 0.717) is 0 Å². The number of pyridine rings is 1. The Balaban J connectivity index is 2.10. The maximum Gasteiger partial charge on any atom is 0.149 e. The summed E-state index contributed by atoms with van der Waals surface area (Å²) in [5, 5.41) is 3.28. The minimum absolute atomic E-state index is 0.734. The van der Waals surface area contributed by atoms with Gasteiger partial charge in [0.1, 0.15) is 5.82 Å². The molecule has 0 saturated carbocycles. The predicted molar refractivity (Wildman–Crippen MR) is 74.5 cm³/mol. The first-order valence-corrected chi connectivity index (χ1v) is 6.40. The van der Waals surface area contributed by atoms with E-state index in [1.54, 1.807) is 6.20 Å². The van der Waals surface area contributed by atoms with Crippen LogP contribution in [-0.4, -0.2) is 4.98 Å². The number of rotatable bonds is 3. The van der Waals surface area contributed by atoms with Crippen molar-refractivity contribution in [2.75, 3.05) is 11.1 Å². The molecule has 0 bridgehead atoms. The van der Waals surface area contributed by atoms with Crippen molar-refractivity contribution in [3.05, 3.63) is 39.2 Å². The highest BCUT2D eigenvalue weighted by molar-refractivity contribution is 7.12. The molecule has 0 saturated heterocycles. The first-order valence-electron chi connectivity index (χ1n) is 5.59. The van der Waals surface area contributed by atoms with Crippen LogP contribution in [-0.2, 0) is 6.54 Å². The van der Waals surface area contributed by atoms with Crippen LogP contribution in [0, 0.1) is 20.8 Å². The highest BCUT2D eigenvalue weighted by Crippen LogP contribution is 2.23. The molecule has 0 fully saturated rings. The maximum absolute atomic E-state index is 5.96. The molecule has 4 heteroatoms. The van der Waals surface area contributed by atoms with Crippen LogP contribution in [0.1, 0.15) is 20.9 Å². The average molecular weight is 247 g/mol. The van der Waals surface area contributed by atoms with Crippen molar-refractivity contribution < 1.29 is 0 Å². The van der Waals surface area contributed by atoms with Gasteiger partial charge in [-0.3, -0.25) is 0 Å². The molecule has 0 atom stereocenters. The fourth-order valence-corrected chi connectivity index (χ4v) is 2.61. The summed E-state index contributed by atoms with van der Waals surface area (Å²) in [4.78, 5) is 6.93. The van der Waals surface area contributed by atoms with Crippen LogP contribution in [0.25, 0.3) is 0 Å². The van der Waals surface area contributed by atoms with Crippen LogP contribution >= 0.6 is 11.3 Å². The lowest BCUT2D eigenvalue weighted by atomic mass is 10.2. The molecule has 0 aromatic carbocycles. The van der Waals surface area contributed by atoms with Crippen molar-refractivity contribution in [3.8, 4) is 0 Å². The molecular formula is C13H17N3S. The minimum Gasteiger partial charge on any atom is -0.396 e. The zero-order valence-corrected chi connectivity index (χ0v) is 11.2. The van der Waals surface area contributed by atoms with Crippen LogP contribution in [0.4, 0.5) is 11.5 Å².